The van der Waals surface area contributed by atoms with Gasteiger partial charge >= 0.3 is 0 Å². The zero-order chi connectivity index (χ0) is 18.6. The molecule has 0 radical (unpaired) electrons. The second-order valence-corrected chi connectivity index (χ2v) is 7.85. The zero-order valence-electron chi connectivity index (χ0n) is 15.2. The predicted molar refractivity (Wildman–Crippen MR) is 106 cm³/mol. The number of piperidine rings is 1. The molecule has 7 heteroatoms. The molecular formula is C20H22N4O2S. The number of likely N-dealkylation sites (tertiary alicyclic amines) is 1. The zero-order valence-corrected chi connectivity index (χ0v) is 16.0. The van der Waals surface area contributed by atoms with Crippen molar-refractivity contribution in [3.8, 4) is 10.7 Å². The summed E-state index contributed by atoms with van der Waals surface area (Å²) in [5, 5.41) is 9.06. The second-order valence-electron chi connectivity index (χ2n) is 6.90. The lowest BCUT2D eigenvalue weighted by atomic mass is 9.97. The molecule has 1 aromatic carbocycles. The van der Waals surface area contributed by atoms with Gasteiger partial charge in [-0.15, -0.1) is 11.3 Å². The van der Waals surface area contributed by atoms with Gasteiger partial charge in [0.25, 0.3) is 0 Å². The fourth-order valence-electron chi connectivity index (χ4n) is 3.29. The highest BCUT2D eigenvalue weighted by atomic mass is 32.1. The average Bonchev–Trinajstić information content (AvgIpc) is 3.36. The Morgan fingerprint density at radius 3 is 2.74 bits per heavy atom. The predicted octanol–water partition coefficient (Wildman–Crippen LogP) is 3.92. The first-order chi connectivity index (χ1) is 13.2. The largest absolute Gasteiger partial charge is 0.339 e. The van der Waals surface area contributed by atoms with Gasteiger partial charge in [0, 0.05) is 11.6 Å². The Bertz CT molecular complexity index is 881. The lowest BCUT2D eigenvalue weighted by Crippen LogP contribution is -2.38. The monoisotopic (exact) mass is 382 g/mol. The van der Waals surface area contributed by atoms with E-state index in [0.717, 1.165) is 36.5 Å². The number of nitrogens with zero attached hydrogens (tertiary/aromatic N) is 3. The maximum absolute atomic E-state index is 12.3. The van der Waals surface area contributed by atoms with Crippen molar-refractivity contribution in [1.29, 1.82) is 0 Å². The fraction of sp³-hybridized carbons (Fsp3) is 0.350. The van der Waals surface area contributed by atoms with Gasteiger partial charge in [-0.1, -0.05) is 28.9 Å². The van der Waals surface area contributed by atoms with Gasteiger partial charge in [0.1, 0.15) is 0 Å². The van der Waals surface area contributed by atoms with Crippen LogP contribution >= 0.6 is 11.3 Å². The van der Waals surface area contributed by atoms with Crippen molar-refractivity contribution in [2.24, 2.45) is 0 Å². The van der Waals surface area contributed by atoms with Gasteiger partial charge in [-0.25, -0.2) is 0 Å². The maximum atomic E-state index is 12.3. The van der Waals surface area contributed by atoms with Crippen LogP contribution in [-0.2, 0) is 4.79 Å². The van der Waals surface area contributed by atoms with Crippen LogP contribution in [0, 0.1) is 6.92 Å². The molecular weight excluding hydrogens is 360 g/mol. The van der Waals surface area contributed by atoms with Crippen LogP contribution < -0.4 is 5.32 Å². The highest BCUT2D eigenvalue weighted by Gasteiger charge is 2.26. The average molecular weight is 382 g/mol. The van der Waals surface area contributed by atoms with Crippen LogP contribution in [-0.4, -0.2) is 40.6 Å². The minimum absolute atomic E-state index is 0.0232. The number of aryl methyl sites for hydroxylation is 1. The molecule has 1 N–H and O–H groups in total. The number of rotatable bonds is 5. The highest BCUT2D eigenvalue weighted by Crippen LogP contribution is 2.29. The molecule has 2 aromatic heterocycles. The third-order valence-electron chi connectivity index (χ3n) is 4.82. The van der Waals surface area contributed by atoms with Gasteiger partial charge in [0.2, 0.25) is 17.6 Å². The van der Waals surface area contributed by atoms with E-state index in [2.05, 4.69) is 20.4 Å². The van der Waals surface area contributed by atoms with Crippen molar-refractivity contribution in [2.45, 2.75) is 25.7 Å². The molecule has 0 aliphatic carbocycles. The quantitative estimate of drug-likeness (QED) is 0.724. The minimum atomic E-state index is 0.0232. The number of aromatic nitrogens is 2. The van der Waals surface area contributed by atoms with Crippen molar-refractivity contribution in [1.82, 2.24) is 15.0 Å². The third-order valence-corrected chi connectivity index (χ3v) is 5.69. The number of anilines is 1. The van der Waals surface area contributed by atoms with Crippen molar-refractivity contribution < 1.29 is 9.32 Å². The van der Waals surface area contributed by atoms with Crippen molar-refractivity contribution in [3.63, 3.8) is 0 Å². The van der Waals surface area contributed by atoms with E-state index < -0.39 is 0 Å². The van der Waals surface area contributed by atoms with E-state index in [0.29, 0.717) is 18.3 Å². The molecule has 0 saturated carbocycles. The van der Waals surface area contributed by atoms with E-state index in [1.165, 1.54) is 5.56 Å². The number of benzene rings is 1. The summed E-state index contributed by atoms with van der Waals surface area (Å²) in [7, 11) is 0. The summed E-state index contributed by atoms with van der Waals surface area (Å²) in [5.74, 6) is 1.67. The molecule has 3 heterocycles. The molecule has 6 nitrogen and oxygen atoms in total. The number of amides is 1. The Morgan fingerprint density at radius 1 is 1.26 bits per heavy atom. The normalized spacial score (nSPS) is 15.7. The molecule has 1 amide bonds. The number of hydrogen-bond donors (Lipinski definition) is 1. The van der Waals surface area contributed by atoms with Crippen LogP contribution in [0.4, 0.5) is 5.69 Å². The van der Waals surface area contributed by atoms with Gasteiger partial charge in [-0.05, 0) is 56.4 Å². The summed E-state index contributed by atoms with van der Waals surface area (Å²) in [5.41, 5.74) is 2.02. The van der Waals surface area contributed by atoms with E-state index in [1.807, 2.05) is 48.7 Å². The first-order valence-corrected chi connectivity index (χ1v) is 10.0. The Kier molecular flexibility index (Phi) is 5.31. The maximum Gasteiger partial charge on any atom is 0.238 e. The summed E-state index contributed by atoms with van der Waals surface area (Å²) < 4.78 is 5.48. The standard InChI is InChI=1S/C20H22N4O2S/c1-14-4-6-16(7-5-14)21-18(25)13-24-10-8-15(9-11-24)20-22-19(23-26-20)17-3-2-12-27-17/h2-7,12,15H,8-11,13H2,1H3,(H,21,25). The molecule has 1 fully saturated rings. The molecule has 3 aromatic rings. The third kappa shape index (κ3) is 4.43. The second kappa shape index (κ2) is 8.02. The van der Waals surface area contributed by atoms with Crippen LogP contribution in [0.2, 0.25) is 0 Å². The topological polar surface area (TPSA) is 71.3 Å². The number of nitrogens with one attached hydrogen (secondary N) is 1. The number of carbonyl (C=O) groups excluding carboxylic acids is 1. The Hall–Kier alpha value is -2.51. The first-order valence-electron chi connectivity index (χ1n) is 9.14. The van der Waals surface area contributed by atoms with E-state index in [1.54, 1.807) is 11.3 Å². The van der Waals surface area contributed by atoms with Crippen molar-refractivity contribution >= 4 is 22.9 Å². The van der Waals surface area contributed by atoms with Gasteiger partial charge in [0.15, 0.2) is 0 Å². The molecule has 1 aliphatic rings. The molecule has 27 heavy (non-hydrogen) atoms. The van der Waals surface area contributed by atoms with Gasteiger partial charge in [0.05, 0.1) is 11.4 Å². The minimum Gasteiger partial charge on any atom is -0.339 e. The lowest BCUT2D eigenvalue weighted by Gasteiger charge is -2.29. The van der Waals surface area contributed by atoms with Crippen LogP contribution in [0.15, 0.2) is 46.3 Å². The van der Waals surface area contributed by atoms with Crippen LogP contribution in [0.1, 0.15) is 30.2 Å². The van der Waals surface area contributed by atoms with Gasteiger partial charge < -0.3 is 9.84 Å². The molecule has 1 aliphatic heterocycles. The first kappa shape index (κ1) is 17.9. The van der Waals surface area contributed by atoms with Crippen LogP contribution in [0.5, 0.6) is 0 Å². The molecule has 0 bridgehead atoms. The van der Waals surface area contributed by atoms with Crippen LogP contribution in [0.3, 0.4) is 0 Å². The van der Waals surface area contributed by atoms with E-state index in [9.17, 15) is 4.79 Å². The summed E-state index contributed by atoms with van der Waals surface area (Å²) in [4.78, 5) is 20.0. The van der Waals surface area contributed by atoms with E-state index in [-0.39, 0.29) is 11.8 Å². The Morgan fingerprint density at radius 2 is 2.04 bits per heavy atom. The van der Waals surface area contributed by atoms with Gasteiger partial charge in [-0.2, -0.15) is 4.98 Å². The summed E-state index contributed by atoms with van der Waals surface area (Å²) in [6.07, 6.45) is 1.84. The van der Waals surface area contributed by atoms with Gasteiger partial charge in [-0.3, -0.25) is 9.69 Å². The van der Waals surface area contributed by atoms with E-state index >= 15 is 0 Å². The summed E-state index contributed by atoms with van der Waals surface area (Å²) in [6, 6.07) is 11.8. The fourth-order valence-corrected chi connectivity index (χ4v) is 3.93. The van der Waals surface area contributed by atoms with Crippen molar-refractivity contribution in [2.75, 3.05) is 25.0 Å². The molecule has 140 valence electrons. The Balaban J connectivity index is 1.27. The molecule has 0 unspecified atom stereocenters. The summed E-state index contributed by atoms with van der Waals surface area (Å²) in [6.45, 7) is 4.14. The number of thiophene rings is 1. The lowest BCUT2D eigenvalue weighted by molar-refractivity contribution is -0.117. The molecule has 1 saturated heterocycles. The molecule has 0 spiro atoms. The number of hydrogen-bond acceptors (Lipinski definition) is 6. The Labute approximate surface area is 162 Å². The highest BCUT2D eigenvalue weighted by molar-refractivity contribution is 7.13. The van der Waals surface area contributed by atoms with Crippen molar-refractivity contribution in [3.05, 3.63) is 53.2 Å². The number of carbonyl (C=O) groups is 1. The molecule has 4 rings (SSSR count). The van der Waals surface area contributed by atoms with Crippen LogP contribution in [0.25, 0.3) is 10.7 Å². The van der Waals surface area contributed by atoms with E-state index in [4.69, 9.17) is 4.52 Å². The molecule has 0 atom stereocenters. The SMILES string of the molecule is Cc1ccc(NC(=O)CN2CCC(c3nc(-c4cccs4)no3)CC2)cc1. The summed E-state index contributed by atoms with van der Waals surface area (Å²) >= 11 is 1.61. The smallest absolute Gasteiger partial charge is 0.238 e.